The second-order valence-electron chi connectivity index (χ2n) is 5.55. The van der Waals surface area contributed by atoms with E-state index in [0.717, 1.165) is 5.56 Å². The van der Waals surface area contributed by atoms with Crippen molar-refractivity contribution in [2.45, 2.75) is 6.92 Å². The lowest BCUT2D eigenvalue weighted by molar-refractivity contribution is -0.119. The van der Waals surface area contributed by atoms with Gasteiger partial charge in [0.25, 0.3) is 11.5 Å². The molecule has 0 radical (unpaired) electrons. The molecule has 0 atom stereocenters. The summed E-state index contributed by atoms with van der Waals surface area (Å²) in [7, 11) is 0. The number of aryl methyl sites for hydroxylation is 1. The van der Waals surface area contributed by atoms with Crippen LogP contribution in [-0.4, -0.2) is 28.7 Å². The first-order valence-electron chi connectivity index (χ1n) is 7.66. The van der Waals surface area contributed by atoms with Crippen molar-refractivity contribution in [2.75, 3.05) is 11.9 Å². The van der Waals surface area contributed by atoms with Crippen LogP contribution in [0.1, 0.15) is 16.1 Å². The number of anilines is 1. The number of esters is 1. The Balaban J connectivity index is 1.70. The minimum atomic E-state index is -0.817. The molecule has 2 aromatic carbocycles. The van der Waals surface area contributed by atoms with Crippen LogP contribution in [0.2, 0.25) is 5.02 Å². The van der Waals surface area contributed by atoms with Crippen molar-refractivity contribution in [3.8, 4) is 0 Å². The first kappa shape index (κ1) is 17.6. The maximum absolute atomic E-state index is 12.2. The van der Waals surface area contributed by atoms with E-state index in [2.05, 4.69) is 15.5 Å². The molecular formula is C18H14ClN3O4. The fourth-order valence-electron chi connectivity index (χ4n) is 2.38. The Morgan fingerprint density at radius 3 is 2.65 bits per heavy atom. The number of carbonyl (C=O) groups excluding carboxylic acids is 2. The average Bonchev–Trinajstić information content (AvgIpc) is 2.63. The smallest absolute Gasteiger partial charge is 0.359 e. The average molecular weight is 372 g/mol. The number of H-pyrrole nitrogens is 1. The van der Waals surface area contributed by atoms with Crippen molar-refractivity contribution in [1.29, 1.82) is 0 Å². The molecule has 1 aromatic heterocycles. The van der Waals surface area contributed by atoms with E-state index in [1.165, 1.54) is 0 Å². The second-order valence-corrected chi connectivity index (χ2v) is 5.96. The summed E-state index contributed by atoms with van der Waals surface area (Å²) < 4.78 is 5.00. The molecule has 0 spiro atoms. The van der Waals surface area contributed by atoms with Crippen LogP contribution in [0.5, 0.6) is 0 Å². The summed E-state index contributed by atoms with van der Waals surface area (Å²) in [4.78, 5) is 35.9. The minimum Gasteiger partial charge on any atom is -0.451 e. The first-order valence-corrected chi connectivity index (χ1v) is 8.04. The fourth-order valence-corrected chi connectivity index (χ4v) is 2.66. The molecule has 8 heteroatoms. The maximum Gasteiger partial charge on any atom is 0.359 e. The van der Waals surface area contributed by atoms with Gasteiger partial charge in [-0.3, -0.25) is 9.59 Å². The van der Waals surface area contributed by atoms with Gasteiger partial charge in [0.05, 0.1) is 16.1 Å². The number of halogens is 1. The largest absolute Gasteiger partial charge is 0.451 e. The third kappa shape index (κ3) is 3.73. The number of benzene rings is 2. The summed E-state index contributed by atoms with van der Waals surface area (Å²) in [6.07, 6.45) is 0. The summed E-state index contributed by atoms with van der Waals surface area (Å²) in [5.74, 6) is -1.36. The van der Waals surface area contributed by atoms with Gasteiger partial charge in [-0.25, -0.2) is 9.89 Å². The Morgan fingerprint density at radius 1 is 1.19 bits per heavy atom. The molecular weight excluding hydrogens is 358 g/mol. The number of amides is 1. The number of hydrogen-bond donors (Lipinski definition) is 2. The highest BCUT2D eigenvalue weighted by Gasteiger charge is 2.17. The van der Waals surface area contributed by atoms with Crippen molar-refractivity contribution < 1.29 is 14.3 Å². The highest BCUT2D eigenvalue weighted by molar-refractivity contribution is 6.33. The van der Waals surface area contributed by atoms with Crippen molar-refractivity contribution in [3.05, 3.63) is 69.1 Å². The van der Waals surface area contributed by atoms with Gasteiger partial charge < -0.3 is 10.1 Å². The molecule has 1 heterocycles. The number of nitrogens with zero attached hydrogens (tertiary/aromatic N) is 1. The van der Waals surface area contributed by atoms with E-state index < -0.39 is 24.0 Å². The molecule has 0 aliphatic heterocycles. The molecule has 0 aliphatic rings. The highest BCUT2D eigenvalue weighted by Crippen LogP contribution is 2.22. The van der Waals surface area contributed by atoms with Crippen LogP contribution >= 0.6 is 11.6 Å². The summed E-state index contributed by atoms with van der Waals surface area (Å²) in [5, 5.41) is 9.58. The van der Waals surface area contributed by atoms with E-state index in [4.69, 9.17) is 16.3 Å². The zero-order valence-electron chi connectivity index (χ0n) is 13.7. The molecule has 7 nitrogen and oxygen atoms in total. The molecule has 1 amide bonds. The van der Waals surface area contributed by atoms with Gasteiger partial charge >= 0.3 is 5.97 Å². The number of fused-ring (bicyclic) bond motifs is 1. The predicted molar refractivity (Wildman–Crippen MR) is 97.5 cm³/mol. The molecule has 26 heavy (non-hydrogen) atoms. The molecule has 3 rings (SSSR count). The number of rotatable bonds is 4. The third-order valence-corrected chi connectivity index (χ3v) is 3.94. The predicted octanol–water partition coefficient (Wildman–Crippen LogP) is 2.68. The van der Waals surface area contributed by atoms with Gasteiger partial charge in [0.15, 0.2) is 12.3 Å². The van der Waals surface area contributed by atoms with Gasteiger partial charge in [0.2, 0.25) is 0 Å². The lowest BCUT2D eigenvalue weighted by Crippen LogP contribution is -2.22. The number of aromatic amines is 1. The zero-order chi connectivity index (χ0) is 18.7. The van der Waals surface area contributed by atoms with Crippen molar-refractivity contribution in [1.82, 2.24) is 10.2 Å². The van der Waals surface area contributed by atoms with Crippen LogP contribution < -0.4 is 10.9 Å². The van der Waals surface area contributed by atoms with Crippen LogP contribution in [0.25, 0.3) is 10.8 Å². The third-order valence-electron chi connectivity index (χ3n) is 3.62. The van der Waals surface area contributed by atoms with Crippen molar-refractivity contribution in [2.24, 2.45) is 0 Å². The Labute approximate surface area is 152 Å². The van der Waals surface area contributed by atoms with Crippen molar-refractivity contribution in [3.63, 3.8) is 0 Å². The monoisotopic (exact) mass is 371 g/mol. The minimum absolute atomic E-state index is 0.0682. The Bertz CT molecular complexity index is 1060. The number of ether oxygens (including phenoxy) is 1. The summed E-state index contributed by atoms with van der Waals surface area (Å²) in [5.41, 5.74) is 0.895. The topological polar surface area (TPSA) is 101 Å². The van der Waals surface area contributed by atoms with Crippen LogP contribution in [0, 0.1) is 6.92 Å². The molecule has 0 fully saturated rings. The Kier molecular flexibility index (Phi) is 4.99. The Morgan fingerprint density at radius 2 is 1.92 bits per heavy atom. The lowest BCUT2D eigenvalue weighted by Gasteiger charge is -2.09. The van der Waals surface area contributed by atoms with Gasteiger partial charge in [-0.1, -0.05) is 35.9 Å². The summed E-state index contributed by atoms with van der Waals surface area (Å²) >= 11 is 6.05. The summed E-state index contributed by atoms with van der Waals surface area (Å²) in [6.45, 7) is 1.36. The van der Waals surface area contributed by atoms with Crippen molar-refractivity contribution >= 4 is 39.9 Å². The standard InChI is InChI=1S/C18H14ClN3O4/c1-10-6-7-14(13(19)8-10)20-15(23)9-26-18(25)16-11-4-2-3-5-12(11)17(24)22-21-16/h2-8H,9H2,1H3,(H,20,23)(H,22,24). The van der Waals surface area contributed by atoms with E-state index in [1.807, 2.05) is 6.92 Å². The molecule has 3 aromatic rings. The molecule has 0 bridgehead atoms. The van der Waals surface area contributed by atoms with Gasteiger partial charge in [-0.2, -0.15) is 5.10 Å². The highest BCUT2D eigenvalue weighted by atomic mass is 35.5. The van der Waals surface area contributed by atoms with E-state index in [0.29, 0.717) is 21.5 Å². The van der Waals surface area contributed by atoms with E-state index in [-0.39, 0.29) is 5.69 Å². The molecule has 132 valence electrons. The number of carbonyl (C=O) groups is 2. The van der Waals surface area contributed by atoms with Crippen LogP contribution in [0.4, 0.5) is 5.69 Å². The molecule has 0 aliphatic carbocycles. The molecule has 2 N–H and O–H groups in total. The SMILES string of the molecule is Cc1ccc(NC(=O)COC(=O)c2n[nH]c(=O)c3ccccc23)c(Cl)c1. The van der Waals surface area contributed by atoms with Gasteiger partial charge in [-0.05, 0) is 30.7 Å². The maximum atomic E-state index is 12.2. The van der Waals surface area contributed by atoms with E-state index in [9.17, 15) is 14.4 Å². The molecule has 0 saturated heterocycles. The first-order chi connectivity index (χ1) is 12.5. The van der Waals surface area contributed by atoms with Crippen LogP contribution in [0.3, 0.4) is 0 Å². The van der Waals surface area contributed by atoms with Crippen LogP contribution in [-0.2, 0) is 9.53 Å². The molecule has 0 saturated carbocycles. The lowest BCUT2D eigenvalue weighted by atomic mass is 10.1. The van der Waals surface area contributed by atoms with Gasteiger partial charge in [-0.15, -0.1) is 0 Å². The number of nitrogens with one attached hydrogen (secondary N) is 2. The van der Waals surface area contributed by atoms with E-state index >= 15 is 0 Å². The Hall–Kier alpha value is -3.19. The summed E-state index contributed by atoms with van der Waals surface area (Å²) in [6, 6.07) is 11.7. The normalized spacial score (nSPS) is 10.5. The molecule has 0 unspecified atom stereocenters. The van der Waals surface area contributed by atoms with Gasteiger partial charge in [0, 0.05) is 5.39 Å². The zero-order valence-corrected chi connectivity index (χ0v) is 14.5. The van der Waals surface area contributed by atoms with Crippen LogP contribution in [0.15, 0.2) is 47.3 Å². The van der Waals surface area contributed by atoms with E-state index in [1.54, 1.807) is 42.5 Å². The second kappa shape index (κ2) is 7.37. The number of aromatic nitrogens is 2. The number of hydrogen-bond acceptors (Lipinski definition) is 5. The van der Waals surface area contributed by atoms with Gasteiger partial charge in [0.1, 0.15) is 0 Å². The fraction of sp³-hybridized carbons (Fsp3) is 0.111. The quantitative estimate of drug-likeness (QED) is 0.686.